The summed E-state index contributed by atoms with van der Waals surface area (Å²) < 4.78 is 3.22. The molecule has 0 radical (unpaired) electrons. The van der Waals surface area contributed by atoms with Crippen molar-refractivity contribution in [3.63, 3.8) is 0 Å². The fourth-order valence-corrected chi connectivity index (χ4v) is 3.24. The lowest BCUT2D eigenvalue weighted by molar-refractivity contribution is -0.712. The molecule has 0 saturated heterocycles. The standard InChI is InChI=1S/C15H14N2O2S/c1-2-16-13(18)12(10-11-6-4-3-5-7-11)14(19)17-8-9-20-15(16)17/h3-9H,2,10H2,1H3. The van der Waals surface area contributed by atoms with Gasteiger partial charge in [-0.05, 0) is 12.5 Å². The molecule has 0 aliphatic rings. The monoisotopic (exact) mass is 286 g/mol. The van der Waals surface area contributed by atoms with Crippen LogP contribution in [-0.4, -0.2) is 4.40 Å². The SMILES string of the molecule is CC[n+]1c([O-])c(Cc2ccccc2)c(=O)n2ccsc21. The van der Waals surface area contributed by atoms with E-state index in [9.17, 15) is 9.90 Å². The molecule has 3 aromatic rings. The van der Waals surface area contributed by atoms with E-state index < -0.39 is 0 Å². The largest absolute Gasteiger partial charge is 0.842 e. The van der Waals surface area contributed by atoms with Crippen LogP contribution in [0.1, 0.15) is 18.1 Å². The van der Waals surface area contributed by atoms with Crippen molar-refractivity contribution in [1.29, 1.82) is 0 Å². The molecule has 4 nitrogen and oxygen atoms in total. The highest BCUT2D eigenvalue weighted by Crippen LogP contribution is 2.14. The van der Waals surface area contributed by atoms with Gasteiger partial charge in [-0.15, -0.1) is 0 Å². The maximum Gasteiger partial charge on any atom is 0.348 e. The molecule has 0 saturated carbocycles. The second-order valence-electron chi connectivity index (χ2n) is 4.55. The number of fused-ring (bicyclic) bond motifs is 1. The van der Waals surface area contributed by atoms with Gasteiger partial charge in [0.15, 0.2) is 0 Å². The van der Waals surface area contributed by atoms with E-state index in [1.807, 2.05) is 42.6 Å². The molecule has 1 aromatic carbocycles. The van der Waals surface area contributed by atoms with Gasteiger partial charge in [0.1, 0.15) is 6.20 Å². The molecule has 2 aromatic heterocycles. The highest BCUT2D eigenvalue weighted by atomic mass is 32.1. The van der Waals surface area contributed by atoms with E-state index in [4.69, 9.17) is 0 Å². The van der Waals surface area contributed by atoms with Gasteiger partial charge < -0.3 is 5.11 Å². The van der Waals surface area contributed by atoms with Crippen molar-refractivity contribution < 1.29 is 9.67 Å². The molecule has 0 aliphatic heterocycles. The van der Waals surface area contributed by atoms with E-state index in [2.05, 4.69) is 0 Å². The molecule has 0 amide bonds. The zero-order valence-corrected chi connectivity index (χ0v) is 11.9. The summed E-state index contributed by atoms with van der Waals surface area (Å²) in [4.78, 5) is 13.1. The Kier molecular flexibility index (Phi) is 3.28. The first-order valence-corrected chi connectivity index (χ1v) is 7.35. The number of aryl methyl sites for hydroxylation is 1. The third kappa shape index (κ3) is 2.00. The maximum absolute atomic E-state index is 12.5. The zero-order chi connectivity index (χ0) is 14.1. The summed E-state index contributed by atoms with van der Waals surface area (Å²) in [6.07, 6.45) is 2.10. The van der Waals surface area contributed by atoms with Crippen LogP contribution in [0.2, 0.25) is 0 Å². The van der Waals surface area contributed by atoms with Crippen LogP contribution < -0.4 is 15.2 Å². The maximum atomic E-state index is 12.5. The van der Waals surface area contributed by atoms with Crippen molar-refractivity contribution in [2.75, 3.05) is 0 Å². The summed E-state index contributed by atoms with van der Waals surface area (Å²) >= 11 is 1.41. The van der Waals surface area contributed by atoms with Gasteiger partial charge in [0.05, 0.1) is 18.0 Å². The van der Waals surface area contributed by atoms with Gasteiger partial charge >= 0.3 is 10.5 Å². The number of thiazole rings is 1. The van der Waals surface area contributed by atoms with Gasteiger partial charge in [-0.2, -0.15) is 4.40 Å². The van der Waals surface area contributed by atoms with Gasteiger partial charge in [0.2, 0.25) is 0 Å². The van der Waals surface area contributed by atoms with E-state index in [-0.39, 0.29) is 11.4 Å². The molecule has 3 rings (SSSR count). The molecular weight excluding hydrogens is 272 g/mol. The molecule has 0 fully saturated rings. The van der Waals surface area contributed by atoms with Crippen LogP contribution in [0.4, 0.5) is 0 Å². The highest BCUT2D eigenvalue weighted by molar-refractivity contribution is 7.14. The molecule has 5 heteroatoms. The Hall–Kier alpha value is -2.14. The molecular formula is C15H14N2O2S. The van der Waals surface area contributed by atoms with E-state index in [1.165, 1.54) is 11.3 Å². The third-order valence-electron chi connectivity index (χ3n) is 3.34. The van der Waals surface area contributed by atoms with E-state index in [0.717, 1.165) is 5.56 Å². The minimum atomic E-state index is -0.209. The van der Waals surface area contributed by atoms with Crippen molar-refractivity contribution >= 4 is 16.3 Å². The summed E-state index contributed by atoms with van der Waals surface area (Å²) in [6.45, 7) is 2.48. The second-order valence-corrected chi connectivity index (χ2v) is 5.42. The van der Waals surface area contributed by atoms with Crippen LogP contribution in [-0.2, 0) is 13.0 Å². The average Bonchev–Trinajstić information content (AvgIpc) is 2.94. The predicted octanol–water partition coefficient (Wildman–Crippen LogP) is 1.33. The van der Waals surface area contributed by atoms with E-state index in [1.54, 1.807) is 15.2 Å². The number of rotatable bonds is 3. The fraction of sp³-hybridized carbons (Fsp3) is 0.200. The Balaban J connectivity index is 2.22. The molecule has 0 unspecified atom stereocenters. The number of benzene rings is 1. The minimum absolute atomic E-state index is 0.177. The Morgan fingerprint density at radius 2 is 2.05 bits per heavy atom. The third-order valence-corrected chi connectivity index (χ3v) is 4.23. The van der Waals surface area contributed by atoms with Gasteiger partial charge in [-0.25, -0.2) is 9.36 Å². The lowest BCUT2D eigenvalue weighted by Gasteiger charge is -2.14. The number of hydrogen-bond acceptors (Lipinski definition) is 3. The fourth-order valence-electron chi connectivity index (χ4n) is 2.34. The van der Waals surface area contributed by atoms with Crippen LogP contribution in [0.25, 0.3) is 4.96 Å². The van der Waals surface area contributed by atoms with Crippen molar-refractivity contribution in [3.05, 3.63) is 63.4 Å². The quantitative estimate of drug-likeness (QED) is 0.682. The van der Waals surface area contributed by atoms with Crippen molar-refractivity contribution in [3.8, 4) is 5.88 Å². The van der Waals surface area contributed by atoms with E-state index >= 15 is 0 Å². The van der Waals surface area contributed by atoms with Gasteiger partial charge in [0, 0.05) is 11.8 Å². The summed E-state index contributed by atoms with van der Waals surface area (Å²) in [5, 5.41) is 14.3. The van der Waals surface area contributed by atoms with Crippen molar-refractivity contribution in [2.24, 2.45) is 0 Å². The van der Waals surface area contributed by atoms with Gasteiger partial charge in [-0.3, -0.25) is 0 Å². The Labute approximate surface area is 120 Å². The normalized spacial score (nSPS) is 11.1. The molecule has 0 N–H and O–H groups in total. The summed E-state index contributed by atoms with van der Waals surface area (Å²) in [6, 6.07) is 9.60. The zero-order valence-electron chi connectivity index (χ0n) is 11.1. The van der Waals surface area contributed by atoms with Crippen LogP contribution in [0.3, 0.4) is 0 Å². The molecule has 0 atom stereocenters. The minimum Gasteiger partial charge on any atom is -0.842 e. The highest BCUT2D eigenvalue weighted by Gasteiger charge is 2.18. The molecule has 0 aliphatic carbocycles. The topological polar surface area (TPSA) is 48.4 Å². The second kappa shape index (κ2) is 5.09. The average molecular weight is 286 g/mol. The molecule has 2 heterocycles. The van der Waals surface area contributed by atoms with Crippen LogP contribution >= 0.6 is 11.3 Å². The van der Waals surface area contributed by atoms with Crippen LogP contribution in [0.15, 0.2) is 46.7 Å². The van der Waals surface area contributed by atoms with Crippen molar-refractivity contribution in [1.82, 2.24) is 4.40 Å². The number of nitrogens with zero attached hydrogens (tertiary/aromatic N) is 2. The summed E-state index contributed by atoms with van der Waals surface area (Å²) in [7, 11) is 0. The summed E-state index contributed by atoms with van der Waals surface area (Å²) in [5.41, 5.74) is 1.09. The lowest BCUT2D eigenvalue weighted by atomic mass is 10.1. The van der Waals surface area contributed by atoms with Crippen molar-refractivity contribution in [2.45, 2.75) is 19.9 Å². The number of aromatic nitrogens is 2. The smallest absolute Gasteiger partial charge is 0.348 e. The van der Waals surface area contributed by atoms with Gasteiger partial charge in [-0.1, -0.05) is 41.7 Å². The first kappa shape index (κ1) is 12.9. The van der Waals surface area contributed by atoms with Crippen LogP contribution in [0, 0.1) is 0 Å². The summed E-state index contributed by atoms with van der Waals surface area (Å²) in [5.74, 6) is -0.177. The Morgan fingerprint density at radius 1 is 1.30 bits per heavy atom. The van der Waals surface area contributed by atoms with Gasteiger partial charge in [0.25, 0.3) is 0 Å². The Morgan fingerprint density at radius 3 is 2.75 bits per heavy atom. The van der Waals surface area contributed by atoms with Crippen LogP contribution in [0.5, 0.6) is 5.88 Å². The Bertz CT molecular complexity index is 806. The van der Waals surface area contributed by atoms with E-state index in [0.29, 0.717) is 23.5 Å². The predicted molar refractivity (Wildman–Crippen MR) is 76.1 cm³/mol. The first-order valence-electron chi connectivity index (χ1n) is 6.48. The molecule has 0 bridgehead atoms. The molecule has 20 heavy (non-hydrogen) atoms. The molecule has 102 valence electrons. The first-order chi connectivity index (χ1) is 9.72. The number of hydrogen-bond donors (Lipinski definition) is 0. The lowest BCUT2D eigenvalue weighted by Crippen LogP contribution is -2.43. The molecule has 0 spiro atoms.